The zero-order valence-corrected chi connectivity index (χ0v) is 14.1. The van der Waals surface area contributed by atoms with E-state index in [-0.39, 0.29) is 11.9 Å². The lowest BCUT2D eigenvalue weighted by atomic mass is 10.1. The molecule has 1 aromatic heterocycles. The third kappa shape index (κ3) is 4.03. The third-order valence-corrected chi connectivity index (χ3v) is 3.90. The lowest BCUT2D eigenvalue weighted by molar-refractivity contribution is -0.274. The molecule has 3 aromatic rings. The van der Waals surface area contributed by atoms with Crippen molar-refractivity contribution in [1.29, 1.82) is 0 Å². The summed E-state index contributed by atoms with van der Waals surface area (Å²) in [6.07, 6.45) is -5.15. The molecule has 2 aromatic carbocycles. The quantitative estimate of drug-likeness (QED) is 0.736. The van der Waals surface area contributed by atoms with Crippen molar-refractivity contribution in [2.45, 2.75) is 12.8 Å². The maximum Gasteiger partial charge on any atom is 0.573 e. The standard InChI is InChI=1S/C19H12F3NO5/c20-19(21,22)28-13-7-5-11(6-8-13)9-16(24)23-15-4-2-1-3-12(15)10-14(17(23)25)18(26)27/h1-8,10H,9H2,(H,26,27). The molecule has 0 aliphatic carbocycles. The second-order valence-corrected chi connectivity index (χ2v) is 5.82. The Bertz CT molecular complexity index is 1120. The van der Waals surface area contributed by atoms with Gasteiger partial charge in [0.15, 0.2) is 0 Å². The molecule has 0 saturated heterocycles. The number of carboxylic acids is 1. The maximum atomic E-state index is 12.7. The van der Waals surface area contributed by atoms with Crippen LogP contribution in [0, 0.1) is 0 Å². The van der Waals surface area contributed by atoms with Gasteiger partial charge in [-0.2, -0.15) is 0 Å². The highest BCUT2D eigenvalue weighted by Gasteiger charge is 2.31. The average Bonchev–Trinajstić information content (AvgIpc) is 2.61. The molecular weight excluding hydrogens is 379 g/mol. The summed E-state index contributed by atoms with van der Waals surface area (Å²) in [5.41, 5.74) is -0.968. The number of para-hydroxylation sites is 1. The van der Waals surface area contributed by atoms with E-state index in [1.54, 1.807) is 18.2 Å². The third-order valence-electron chi connectivity index (χ3n) is 3.90. The Hall–Kier alpha value is -3.62. The number of hydrogen-bond acceptors (Lipinski definition) is 4. The molecule has 0 bridgehead atoms. The first-order chi connectivity index (χ1) is 13.2. The molecule has 9 heteroatoms. The summed E-state index contributed by atoms with van der Waals surface area (Å²) in [7, 11) is 0. The fourth-order valence-electron chi connectivity index (χ4n) is 2.72. The molecule has 0 saturated carbocycles. The second-order valence-electron chi connectivity index (χ2n) is 5.82. The number of halogens is 3. The first-order valence-electron chi connectivity index (χ1n) is 7.92. The molecule has 28 heavy (non-hydrogen) atoms. The van der Waals surface area contributed by atoms with Gasteiger partial charge in [0, 0.05) is 0 Å². The molecule has 144 valence electrons. The fourth-order valence-corrected chi connectivity index (χ4v) is 2.72. The number of alkyl halides is 3. The van der Waals surface area contributed by atoms with Crippen LogP contribution in [0.25, 0.3) is 10.9 Å². The summed E-state index contributed by atoms with van der Waals surface area (Å²) >= 11 is 0. The Morgan fingerprint density at radius 2 is 1.68 bits per heavy atom. The highest BCUT2D eigenvalue weighted by atomic mass is 19.4. The Labute approximate surface area is 155 Å². The zero-order chi connectivity index (χ0) is 20.5. The average molecular weight is 391 g/mol. The molecule has 3 rings (SSSR count). The first-order valence-corrected chi connectivity index (χ1v) is 7.92. The lowest BCUT2D eigenvalue weighted by Gasteiger charge is -2.11. The van der Waals surface area contributed by atoms with E-state index in [0.717, 1.165) is 16.7 Å². The molecule has 0 fully saturated rings. The van der Waals surface area contributed by atoms with Crippen LogP contribution < -0.4 is 10.3 Å². The SMILES string of the molecule is O=C(O)c1cc2ccccc2n(C(=O)Cc2ccc(OC(F)(F)F)cc2)c1=O. The predicted molar refractivity (Wildman–Crippen MR) is 92.6 cm³/mol. The molecule has 0 amide bonds. The van der Waals surface area contributed by atoms with Crippen molar-refractivity contribution in [1.82, 2.24) is 4.57 Å². The molecule has 6 nitrogen and oxygen atoms in total. The molecule has 1 N–H and O–H groups in total. The minimum atomic E-state index is -4.83. The first kappa shape index (κ1) is 19.2. The van der Waals surface area contributed by atoms with Gasteiger partial charge in [-0.25, -0.2) is 9.36 Å². The van der Waals surface area contributed by atoms with Crippen molar-refractivity contribution in [3.8, 4) is 5.75 Å². The van der Waals surface area contributed by atoms with Gasteiger partial charge in [-0.3, -0.25) is 9.59 Å². The molecular formula is C19H12F3NO5. The number of aromatic carboxylic acids is 1. The second kappa shape index (κ2) is 7.18. The number of carbonyl (C=O) groups excluding carboxylic acids is 1. The van der Waals surface area contributed by atoms with Gasteiger partial charge in [0.1, 0.15) is 11.3 Å². The van der Waals surface area contributed by atoms with Crippen LogP contribution in [0.1, 0.15) is 20.7 Å². The van der Waals surface area contributed by atoms with E-state index in [0.29, 0.717) is 10.9 Å². The lowest BCUT2D eigenvalue weighted by Crippen LogP contribution is -2.32. The Morgan fingerprint density at radius 3 is 2.29 bits per heavy atom. The van der Waals surface area contributed by atoms with Crippen LogP contribution in [0.15, 0.2) is 59.4 Å². The maximum absolute atomic E-state index is 12.7. The van der Waals surface area contributed by atoms with E-state index in [9.17, 15) is 32.7 Å². The number of fused-ring (bicyclic) bond motifs is 1. The summed E-state index contributed by atoms with van der Waals surface area (Å²) in [4.78, 5) is 36.5. The molecule has 0 unspecified atom stereocenters. The van der Waals surface area contributed by atoms with E-state index in [1.807, 2.05) is 0 Å². The number of pyridine rings is 1. The Kier molecular flexibility index (Phi) is 4.91. The van der Waals surface area contributed by atoms with Gasteiger partial charge in [0.25, 0.3) is 5.56 Å². The van der Waals surface area contributed by atoms with E-state index >= 15 is 0 Å². The van der Waals surface area contributed by atoms with Crippen molar-refractivity contribution in [2.75, 3.05) is 0 Å². The van der Waals surface area contributed by atoms with Crippen LogP contribution in [0.2, 0.25) is 0 Å². The fraction of sp³-hybridized carbons (Fsp3) is 0.105. The topological polar surface area (TPSA) is 85.6 Å². The van der Waals surface area contributed by atoms with Crippen molar-refractivity contribution < 1.29 is 32.6 Å². The molecule has 0 aliphatic heterocycles. The summed E-state index contributed by atoms with van der Waals surface area (Å²) in [5, 5.41) is 9.60. The molecule has 0 atom stereocenters. The van der Waals surface area contributed by atoms with E-state index in [2.05, 4.69) is 4.74 Å². The van der Waals surface area contributed by atoms with Crippen LogP contribution in [-0.2, 0) is 6.42 Å². The van der Waals surface area contributed by atoms with Crippen LogP contribution in [0.3, 0.4) is 0 Å². The van der Waals surface area contributed by atoms with Gasteiger partial charge in [-0.05, 0) is 35.2 Å². The minimum absolute atomic E-state index is 0.236. The number of nitrogens with zero attached hydrogens (tertiary/aromatic N) is 1. The van der Waals surface area contributed by atoms with Crippen LogP contribution in [0.4, 0.5) is 13.2 Å². The predicted octanol–water partition coefficient (Wildman–Crippen LogP) is 3.48. The number of hydrogen-bond donors (Lipinski definition) is 1. The minimum Gasteiger partial charge on any atom is -0.477 e. The van der Waals surface area contributed by atoms with Crippen LogP contribution in [-0.4, -0.2) is 27.9 Å². The number of benzene rings is 2. The zero-order valence-electron chi connectivity index (χ0n) is 14.1. The van der Waals surface area contributed by atoms with Gasteiger partial charge < -0.3 is 9.84 Å². The summed E-state index contributed by atoms with van der Waals surface area (Å²) in [5.74, 6) is -2.63. The number of carboxylic acid groups (broad SMARTS) is 1. The molecule has 0 radical (unpaired) electrons. The van der Waals surface area contributed by atoms with Crippen molar-refractivity contribution in [3.63, 3.8) is 0 Å². The highest BCUT2D eigenvalue weighted by molar-refractivity contribution is 5.97. The van der Waals surface area contributed by atoms with Crippen molar-refractivity contribution in [2.24, 2.45) is 0 Å². The molecule has 0 aliphatic rings. The molecule has 0 spiro atoms. The highest BCUT2D eigenvalue weighted by Crippen LogP contribution is 2.23. The number of rotatable bonds is 4. The summed E-state index contributed by atoms with van der Waals surface area (Å²) < 4.78 is 41.1. The van der Waals surface area contributed by atoms with Gasteiger partial charge in [0.2, 0.25) is 5.91 Å². The Balaban J connectivity index is 1.97. The number of ether oxygens (including phenoxy) is 1. The van der Waals surface area contributed by atoms with E-state index in [1.165, 1.54) is 24.3 Å². The normalized spacial score (nSPS) is 11.4. The number of carbonyl (C=O) groups is 2. The largest absolute Gasteiger partial charge is 0.573 e. The molecule has 1 heterocycles. The van der Waals surface area contributed by atoms with Crippen molar-refractivity contribution in [3.05, 3.63) is 76.1 Å². The van der Waals surface area contributed by atoms with E-state index < -0.39 is 35.1 Å². The van der Waals surface area contributed by atoms with Crippen LogP contribution >= 0.6 is 0 Å². The van der Waals surface area contributed by atoms with Crippen LogP contribution in [0.5, 0.6) is 5.75 Å². The van der Waals surface area contributed by atoms with E-state index in [4.69, 9.17) is 0 Å². The monoisotopic (exact) mass is 391 g/mol. The summed E-state index contributed by atoms with van der Waals surface area (Å²) in [6, 6.07) is 12.1. The Morgan fingerprint density at radius 1 is 1.04 bits per heavy atom. The summed E-state index contributed by atoms with van der Waals surface area (Å²) in [6.45, 7) is 0. The van der Waals surface area contributed by atoms with Gasteiger partial charge >= 0.3 is 12.3 Å². The smallest absolute Gasteiger partial charge is 0.477 e. The van der Waals surface area contributed by atoms with Gasteiger partial charge in [-0.15, -0.1) is 13.2 Å². The number of aromatic nitrogens is 1. The van der Waals surface area contributed by atoms with Gasteiger partial charge in [0.05, 0.1) is 11.9 Å². The van der Waals surface area contributed by atoms with Gasteiger partial charge in [-0.1, -0.05) is 30.3 Å². The van der Waals surface area contributed by atoms with Crippen molar-refractivity contribution >= 4 is 22.8 Å².